The molecule has 0 spiro atoms. The number of aromatic hydroxyl groups is 2. The van der Waals surface area contributed by atoms with Crippen molar-refractivity contribution >= 4 is 16.9 Å². The summed E-state index contributed by atoms with van der Waals surface area (Å²) in [6, 6.07) is 12.0. The van der Waals surface area contributed by atoms with Crippen LogP contribution in [0.5, 0.6) is 11.5 Å². The Morgan fingerprint density at radius 3 is 1.47 bits per heavy atom. The van der Waals surface area contributed by atoms with Crippen molar-refractivity contribution in [1.29, 1.82) is 0 Å². The first-order chi connectivity index (χ1) is 22.6. The van der Waals surface area contributed by atoms with Crippen LogP contribution in [0.25, 0.3) is 0 Å². The molecule has 0 aromatic heterocycles. The molecular formula is C33H56O12Si2. The molecule has 2 atom stereocenters. The molecule has 0 amide bonds. The molecule has 0 bridgehead atoms. The van der Waals surface area contributed by atoms with E-state index in [0.717, 1.165) is 16.7 Å². The second-order valence-electron chi connectivity index (χ2n) is 12.1. The largest absolute Gasteiger partial charge is 0.508 e. The van der Waals surface area contributed by atoms with Crippen molar-refractivity contribution in [2.24, 2.45) is 0 Å². The average molecular weight is 701 g/mol. The van der Waals surface area contributed by atoms with E-state index in [9.17, 15) is 35.7 Å². The van der Waals surface area contributed by atoms with Gasteiger partial charge in [-0.1, -0.05) is 24.3 Å². The Balaban J connectivity index is 1.80. The van der Waals surface area contributed by atoms with Crippen molar-refractivity contribution in [3.05, 3.63) is 58.7 Å². The molecule has 2 rings (SSSR count). The molecule has 0 saturated carbocycles. The Bertz CT molecular complexity index is 1040. The summed E-state index contributed by atoms with van der Waals surface area (Å²) in [4.78, 5) is 0. The van der Waals surface area contributed by atoms with Crippen molar-refractivity contribution in [2.75, 3.05) is 66.4 Å². The highest BCUT2D eigenvalue weighted by molar-refractivity contribution is 6.79. The van der Waals surface area contributed by atoms with Gasteiger partial charge in [0.05, 0.1) is 25.4 Å². The lowest BCUT2D eigenvalue weighted by Gasteiger charge is -2.24. The molecule has 2 aromatic carbocycles. The molecule has 12 nitrogen and oxygen atoms in total. The third-order valence-corrected chi connectivity index (χ3v) is 14.8. The molecule has 14 heteroatoms. The fourth-order valence-electron chi connectivity index (χ4n) is 5.27. The first-order valence-electron chi connectivity index (χ1n) is 16.2. The van der Waals surface area contributed by atoms with E-state index in [1.54, 1.807) is 33.5 Å². The highest BCUT2D eigenvalue weighted by Gasteiger charge is 2.37. The lowest BCUT2D eigenvalue weighted by Crippen LogP contribution is -2.48. The summed E-state index contributed by atoms with van der Waals surface area (Å²) in [6.45, 7) is 1.11. The van der Waals surface area contributed by atoms with Gasteiger partial charge in [-0.25, -0.2) is 0 Å². The third kappa shape index (κ3) is 14.2. The van der Waals surface area contributed by atoms with Gasteiger partial charge in [0, 0.05) is 59.3 Å². The van der Waals surface area contributed by atoms with E-state index >= 15 is 0 Å². The SMILES string of the molecule is CO[Si](CCCOCC(O)CCc1cc(Cc2ccc(O)c(CCC(O)COCCC[Si](CO)(CO)CO)c2)ccc1O)(OC)OC. The van der Waals surface area contributed by atoms with Gasteiger partial charge in [0.1, 0.15) is 19.6 Å². The predicted octanol–water partition coefficient (Wildman–Crippen LogP) is 2.01. The van der Waals surface area contributed by atoms with E-state index in [1.165, 1.54) is 0 Å². The number of aryl methyl sites for hydroxylation is 2. The molecule has 2 unspecified atom stereocenters. The summed E-state index contributed by atoms with van der Waals surface area (Å²) in [5.74, 6) is 0.321. The molecule has 0 fully saturated rings. The number of aliphatic hydroxyl groups is 5. The van der Waals surface area contributed by atoms with Crippen LogP contribution in [0.2, 0.25) is 12.1 Å². The lowest BCUT2D eigenvalue weighted by atomic mass is 9.97. The van der Waals surface area contributed by atoms with Gasteiger partial charge in [0.2, 0.25) is 0 Å². The molecule has 0 aliphatic heterocycles. The van der Waals surface area contributed by atoms with Crippen molar-refractivity contribution in [3.63, 3.8) is 0 Å². The second-order valence-corrected chi connectivity index (χ2v) is 19.7. The molecule has 0 aliphatic rings. The number of ether oxygens (including phenoxy) is 2. The first-order valence-corrected chi connectivity index (χ1v) is 21.0. The standard InChI is InChI=1S/C33H56O12Si2/c1-41-47(42-2,43-3)17-5-15-45-22-31(38)11-9-29-20-27(7-13-33(29)40)18-26-6-12-32(39)28(19-26)8-10-30(37)21-44-14-4-16-46(23-34,24-35)25-36/h6-7,12-13,19-20,30-31,34-40H,4-5,8-11,14-18,21-25H2,1-3H3. The predicted molar refractivity (Wildman–Crippen MR) is 182 cm³/mol. The topological polar surface area (TPSA) is 188 Å². The number of hydrogen-bond acceptors (Lipinski definition) is 12. The summed E-state index contributed by atoms with van der Waals surface area (Å²) in [6.07, 6.45) is 1.65. The highest BCUT2D eigenvalue weighted by Crippen LogP contribution is 2.26. The fraction of sp³-hybridized carbons (Fsp3) is 0.636. The van der Waals surface area contributed by atoms with E-state index < -0.39 is 29.1 Å². The lowest BCUT2D eigenvalue weighted by molar-refractivity contribution is 0.0310. The summed E-state index contributed by atoms with van der Waals surface area (Å²) >= 11 is 0. The quantitative estimate of drug-likeness (QED) is 0.0560. The molecule has 268 valence electrons. The van der Waals surface area contributed by atoms with Gasteiger partial charge in [-0.05, 0) is 85.4 Å². The first kappa shape index (κ1) is 41.2. The van der Waals surface area contributed by atoms with Crippen LogP contribution in [-0.4, -0.2) is 131 Å². The number of rotatable bonds is 26. The summed E-state index contributed by atoms with van der Waals surface area (Å²) in [7, 11) is -0.392. The Hall–Kier alpha value is -1.93. The second kappa shape index (κ2) is 21.9. The number of phenolic OH excluding ortho intramolecular Hbond substituents is 2. The molecule has 47 heavy (non-hydrogen) atoms. The van der Waals surface area contributed by atoms with Gasteiger partial charge in [0.25, 0.3) is 0 Å². The van der Waals surface area contributed by atoms with Crippen molar-refractivity contribution in [1.82, 2.24) is 0 Å². The average Bonchev–Trinajstić information content (AvgIpc) is 3.09. The molecule has 0 radical (unpaired) electrons. The maximum Gasteiger partial charge on any atom is 0.500 e. The number of hydrogen-bond donors (Lipinski definition) is 7. The van der Waals surface area contributed by atoms with Crippen LogP contribution in [0, 0.1) is 0 Å². The van der Waals surface area contributed by atoms with Gasteiger partial charge in [-0.15, -0.1) is 0 Å². The Kier molecular flexibility index (Phi) is 19.2. The molecule has 0 heterocycles. The van der Waals surface area contributed by atoms with Crippen molar-refractivity contribution in [3.8, 4) is 11.5 Å². The van der Waals surface area contributed by atoms with E-state index in [4.69, 9.17) is 22.8 Å². The number of phenols is 2. The monoisotopic (exact) mass is 700 g/mol. The van der Waals surface area contributed by atoms with Gasteiger partial charge in [0.15, 0.2) is 0 Å². The number of aliphatic hydroxyl groups excluding tert-OH is 5. The molecule has 7 N–H and O–H groups in total. The van der Waals surface area contributed by atoms with Gasteiger partial charge in [-0.2, -0.15) is 0 Å². The maximum absolute atomic E-state index is 10.4. The van der Waals surface area contributed by atoms with Crippen LogP contribution in [0.4, 0.5) is 0 Å². The smallest absolute Gasteiger partial charge is 0.500 e. The van der Waals surface area contributed by atoms with Crippen molar-refractivity contribution in [2.45, 2.75) is 69.2 Å². The Morgan fingerprint density at radius 1 is 0.638 bits per heavy atom. The minimum absolute atomic E-state index is 0.128. The van der Waals surface area contributed by atoms with Crippen LogP contribution in [0.3, 0.4) is 0 Å². The van der Waals surface area contributed by atoms with E-state index in [2.05, 4.69) is 0 Å². The van der Waals surface area contributed by atoms with Crippen LogP contribution in [0.15, 0.2) is 36.4 Å². The Labute approximate surface area is 280 Å². The molecular weight excluding hydrogens is 645 g/mol. The molecule has 2 aromatic rings. The normalized spacial score (nSPS) is 13.6. The maximum atomic E-state index is 10.4. The Morgan fingerprint density at radius 2 is 1.06 bits per heavy atom. The minimum atomic E-state index is -2.64. The zero-order chi connectivity index (χ0) is 34.7. The van der Waals surface area contributed by atoms with Crippen molar-refractivity contribution < 1.29 is 58.5 Å². The summed E-state index contributed by atoms with van der Waals surface area (Å²) in [5, 5.41) is 70.1. The zero-order valence-corrected chi connectivity index (χ0v) is 30.1. The molecule has 0 aliphatic carbocycles. The summed E-state index contributed by atoms with van der Waals surface area (Å²) in [5.41, 5.74) is 3.40. The van der Waals surface area contributed by atoms with Crippen LogP contribution < -0.4 is 0 Å². The van der Waals surface area contributed by atoms with E-state index in [0.29, 0.717) is 75.8 Å². The van der Waals surface area contributed by atoms with Crippen LogP contribution in [0.1, 0.15) is 47.9 Å². The van der Waals surface area contributed by atoms with E-state index in [-0.39, 0.29) is 43.4 Å². The van der Waals surface area contributed by atoms with Gasteiger partial charge >= 0.3 is 8.80 Å². The highest BCUT2D eigenvalue weighted by atomic mass is 28.4. The third-order valence-electron chi connectivity index (χ3n) is 8.52. The van der Waals surface area contributed by atoms with Gasteiger partial charge in [-0.3, -0.25) is 0 Å². The van der Waals surface area contributed by atoms with Crippen LogP contribution in [-0.2, 0) is 42.0 Å². The van der Waals surface area contributed by atoms with E-state index in [1.807, 2.05) is 24.3 Å². The fourth-order valence-corrected chi connectivity index (χ4v) is 8.63. The van der Waals surface area contributed by atoms with Gasteiger partial charge < -0.3 is 58.5 Å². The molecule has 0 saturated heterocycles. The van der Waals surface area contributed by atoms with Crippen LogP contribution >= 0.6 is 0 Å². The minimum Gasteiger partial charge on any atom is -0.508 e. The zero-order valence-electron chi connectivity index (χ0n) is 28.1. The summed E-state index contributed by atoms with van der Waals surface area (Å²) < 4.78 is 27.4. The number of benzene rings is 2.